The number of aromatic nitrogens is 4. The van der Waals surface area contributed by atoms with Crippen LogP contribution in [-0.2, 0) is 9.53 Å². The van der Waals surface area contributed by atoms with Gasteiger partial charge in [0, 0.05) is 61.6 Å². The van der Waals surface area contributed by atoms with Crippen molar-refractivity contribution in [2.24, 2.45) is 0 Å². The summed E-state index contributed by atoms with van der Waals surface area (Å²) in [6.07, 6.45) is 5.23. The first kappa shape index (κ1) is 24.3. The molecule has 0 saturated carbocycles. The molecule has 2 aliphatic heterocycles. The van der Waals surface area contributed by atoms with Gasteiger partial charge in [-0.05, 0) is 40.7 Å². The lowest BCUT2D eigenvalue weighted by atomic mass is 10.1. The third-order valence-corrected chi connectivity index (χ3v) is 6.76. The molecule has 2 amide bonds. The monoisotopic (exact) mass is 511 g/mol. The molecule has 5 rings (SSSR count). The molecule has 0 bridgehead atoms. The van der Waals surface area contributed by atoms with Crippen molar-refractivity contribution in [3.05, 3.63) is 35.9 Å². The van der Waals surface area contributed by atoms with E-state index in [0.717, 1.165) is 16.9 Å². The van der Waals surface area contributed by atoms with Crippen molar-refractivity contribution in [3.8, 4) is 5.82 Å². The lowest BCUT2D eigenvalue weighted by Crippen LogP contribution is -2.59. The van der Waals surface area contributed by atoms with Crippen LogP contribution in [0.15, 0.2) is 30.9 Å². The molecule has 2 saturated heterocycles. The van der Waals surface area contributed by atoms with Gasteiger partial charge in [0.25, 0.3) is 0 Å². The number of halogens is 1. The van der Waals surface area contributed by atoms with E-state index < -0.39 is 5.60 Å². The Hall–Kier alpha value is -3.40. The van der Waals surface area contributed by atoms with Crippen molar-refractivity contribution >= 4 is 46.1 Å². The van der Waals surface area contributed by atoms with Crippen LogP contribution in [0.25, 0.3) is 16.9 Å². The van der Waals surface area contributed by atoms with Crippen molar-refractivity contribution in [3.63, 3.8) is 0 Å². The number of anilines is 2. The predicted molar refractivity (Wildman–Crippen MR) is 138 cm³/mol. The Bertz CT molecular complexity index is 1330. The number of β-lactam (4-membered cyclic amide) rings is 1. The fourth-order valence-corrected chi connectivity index (χ4v) is 4.87. The molecule has 0 aromatic carbocycles. The summed E-state index contributed by atoms with van der Waals surface area (Å²) in [6.45, 7) is 11.3. The van der Waals surface area contributed by atoms with Crippen LogP contribution >= 0.6 is 11.6 Å². The van der Waals surface area contributed by atoms with Crippen molar-refractivity contribution < 1.29 is 14.3 Å². The van der Waals surface area contributed by atoms with E-state index in [4.69, 9.17) is 16.3 Å². The predicted octanol–water partition coefficient (Wildman–Crippen LogP) is 4.04. The SMILES string of the molecule is CC1CN(C(=O)OC(C)(C)C)[C@@H](C)CN1c1ncnc2c1c(N1CCC1=O)cn2-c1cc(Cl)ccn1. The van der Waals surface area contributed by atoms with Crippen LogP contribution in [0.1, 0.15) is 41.0 Å². The summed E-state index contributed by atoms with van der Waals surface area (Å²) in [5.74, 6) is 1.38. The zero-order valence-corrected chi connectivity index (χ0v) is 21.9. The second kappa shape index (κ2) is 8.92. The van der Waals surface area contributed by atoms with E-state index in [1.165, 1.54) is 6.33 Å². The molecular weight excluding hydrogens is 482 g/mol. The summed E-state index contributed by atoms with van der Waals surface area (Å²) < 4.78 is 7.48. The molecule has 0 N–H and O–H groups in total. The van der Waals surface area contributed by atoms with Crippen LogP contribution < -0.4 is 9.80 Å². The quantitative estimate of drug-likeness (QED) is 0.489. The molecule has 3 aromatic rings. The number of hydrogen-bond donors (Lipinski definition) is 0. The number of carbonyl (C=O) groups excluding carboxylic acids is 2. The number of amides is 2. The minimum Gasteiger partial charge on any atom is -0.444 e. The normalized spacial score (nSPS) is 20.6. The average Bonchev–Trinajstić information content (AvgIpc) is 3.17. The molecule has 10 nitrogen and oxygen atoms in total. The van der Waals surface area contributed by atoms with Crippen molar-refractivity contribution in [2.45, 2.75) is 58.7 Å². The highest BCUT2D eigenvalue weighted by Crippen LogP contribution is 2.39. The number of fused-ring (bicyclic) bond motifs is 1. The van der Waals surface area contributed by atoms with Gasteiger partial charge in [0.05, 0.1) is 11.1 Å². The van der Waals surface area contributed by atoms with E-state index in [2.05, 4.69) is 26.8 Å². The Balaban J connectivity index is 1.57. The molecule has 1 unspecified atom stereocenters. The standard InChI is InChI=1S/C25H30ClN7O3/c1-15-12-32(24(35)36-25(3,4)5)16(2)11-31(15)22-21-18(30-9-7-20(30)34)13-33(23(21)29-14-28-22)19-10-17(26)6-8-27-19/h6,8,10,13-16H,7,9,11-12H2,1-5H3/t15?,16-/m0/s1. The maximum absolute atomic E-state index is 12.8. The Morgan fingerprint density at radius 3 is 2.56 bits per heavy atom. The molecule has 36 heavy (non-hydrogen) atoms. The third-order valence-electron chi connectivity index (χ3n) is 6.52. The van der Waals surface area contributed by atoms with E-state index >= 15 is 0 Å². The summed E-state index contributed by atoms with van der Waals surface area (Å²) >= 11 is 6.24. The summed E-state index contributed by atoms with van der Waals surface area (Å²) in [7, 11) is 0. The van der Waals surface area contributed by atoms with Gasteiger partial charge in [-0.2, -0.15) is 0 Å². The highest BCUT2D eigenvalue weighted by Gasteiger charge is 2.37. The first-order chi connectivity index (χ1) is 17.0. The number of piperazine rings is 1. The van der Waals surface area contributed by atoms with Gasteiger partial charge in [0.1, 0.15) is 23.6 Å². The molecule has 2 fully saturated rings. The zero-order valence-electron chi connectivity index (χ0n) is 21.1. The molecular formula is C25H30ClN7O3. The fraction of sp³-hybridized carbons (Fsp3) is 0.480. The summed E-state index contributed by atoms with van der Waals surface area (Å²) in [4.78, 5) is 44.7. The Morgan fingerprint density at radius 2 is 1.92 bits per heavy atom. The lowest BCUT2D eigenvalue weighted by Gasteiger charge is -2.45. The van der Waals surface area contributed by atoms with Crippen LogP contribution in [0.3, 0.4) is 0 Å². The molecule has 0 spiro atoms. The molecule has 2 atom stereocenters. The van der Waals surface area contributed by atoms with Crippen LogP contribution in [0, 0.1) is 0 Å². The van der Waals surface area contributed by atoms with Crippen LogP contribution in [-0.4, -0.2) is 73.7 Å². The molecule has 3 aromatic heterocycles. The van der Waals surface area contributed by atoms with Gasteiger partial charge in [-0.3, -0.25) is 9.36 Å². The highest BCUT2D eigenvalue weighted by molar-refractivity contribution is 6.30. The van der Waals surface area contributed by atoms with Crippen molar-refractivity contribution in [2.75, 3.05) is 29.4 Å². The van der Waals surface area contributed by atoms with E-state index in [1.807, 2.05) is 38.5 Å². The third kappa shape index (κ3) is 4.34. The van der Waals surface area contributed by atoms with Crippen LogP contribution in [0.4, 0.5) is 16.3 Å². The van der Waals surface area contributed by atoms with Gasteiger partial charge in [-0.25, -0.2) is 19.7 Å². The van der Waals surface area contributed by atoms with Crippen molar-refractivity contribution in [1.82, 2.24) is 24.4 Å². The van der Waals surface area contributed by atoms with E-state index in [1.54, 1.807) is 28.1 Å². The van der Waals surface area contributed by atoms with Crippen LogP contribution in [0.5, 0.6) is 0 Å². The number of nitrogens with zero attached hydrogens (tertiary/aromatic N) is 7. The molecule has 190 valence electrons. The molecule has 11 heteroatoms. The summed E-state index contributed by atoms with van der Waals surface area (Å²) in [5, 5.41) is 1.33. The largest absolute Gasteiger partial charge is 0.444 e. The molecule has 2 aliphatic rings. The second-order valence-electron chi connectivity index (χ2n) is 10.4. The van der Waals surface area contributed by atoms with Crippen molar-refractivity contribution in [1.29, 1.82) is 0 Å². The Kier molecular flexibility index (Phi) is 6.02. The van der Waals surface area contributed by atoms with E-state index in [-0.39, 0.29) is 24.1 Å². The minimum atomic E-state index is -0.564. The topological polar surface area (TPSA) is 96.7 Å². The smallest absolute Gasteiger partial charge is 0.410 e. The molecule has 5 heterocycles. The van der Waals surface area contributed by atoms with Gasteiger partial charge in [-0.1, -0.05) is 11.6 Å². The van der Waals surface area contributed by atoms with E-state index in [0.29, 0.717) is 42.5 Å². The number of carbonyl (C=O) groups is 2. The number of hydrogen-bond acceptors (Lipinski definition) is 7. The average molecular weight is 512 g/mol. The Labute approximate surface area is 214 Å². The Morgan fingerprint density at radius 1 is 1.14 bits per heavy atom. The zero-order chi connectivity index (χ0) is 25.8. The lowest BCUT2D eigenvalue weighted by molar-refractivity contribution is -0.122. The van der Waals surface area contributed by atoms with Gasteiger partial charge < -0.3 is 19.4 Å². The van der Waals surface area contributed by atoms with Gasteiger partial charge in [0.15, 0.2) is 5.65 Å². The number of pyridine rings is 1. The first-order valence-electron chi connectivity index (χ1n) is 12.1. The molecule has 0 radical (unpaired) electrons. The highest BCUT2D eigenvalue weighted by atomic mass is 35.5. The van der Waals surface area contributed by atoms with E-state index in [9.17, 15) is 9.59 Å². The number of ether oxygens (including phenoxy) is 1. The van der Waals surface area contributed by atoms with Crippen LogP contribution in [0.2, 0.25) is 5.02 Å². The maximum Gasteiger partial charge on any atom is 0.410 e. The molecule has 0 aliphatic carbocycles. The maximum atomic E-state index is 12.8. The summed E-state index contributed by atoms with van der Waals surface area (Å²) in [6, 6.07) is 3.32. The van der Waals surface area contributed by atoms with Gasteiger partial charge in [0.2, 0.25) is 5.91 Å². The second-order valence-corrected chi connectivity index (χ2v) is 10.8. The first-order valence-corrected chi connectivity index (χ1v) is 12.5. The number of rotatable bonds is 3. The fourth-order valence-electron chi connectivity index (χ4n) is 4.72. The minimum absolute atomic E-state index is 0.0422. The summed E-state index contributed by atoms with van der Waals surface area (Å²) in [5.41, 5.74) is 0.818. The van der Waals surface area contributed by atoms with Gasteiger partial charge in [-0.15, -0.1) is 0 Å². The van der Waals surface area contributed by atoms with Gasteiger partial charge >= 0.3 is 6.09 Å².